The van der Waals surface area contributed by atoms with E-state index in [0.717, 1.165) is 49.6 Å². The van der Waals surface area contributed by atoms with Crippen LogP contribution in [0.15, 0.2) is 30.5 Å². The summed E-state index contributed by atoms with van der Waals surface area (Å²) in [6.45, 7) is 4.61. The van der Waals surface area contributed by atoms with Crippen LogP contribution in [0.4, 0.5) is 0 Å². The average molecular weight is 318 g/mol. The molecule has 5 heteroatoms. The van der Waals surface area contributed by atoms with Gasteiger partial charge in [0.1, 0.15) is 5.82 Å². The number of imidazole rings is 1. The van der Waals surface area contributed by atoms with E-state index in [1.807, 2.05) is 25.3 Å². The van der Waals surface area contributed by atoms with Crippen LogP contribution in [0.25, 0.3) is 0 Å². The number of carbonyl (C=O) groups is 1. The molecule has 0 amide bonds. The first-order valence-corrected chi connectivity index (χ1v) is 8.02. The van der Waals surface area contributed by atoms with Gasteiger partial charge in [0.15, 0.2) is 5.78 Å². The number of halogens is 1. The molecular weight excluding hydrogens is 298 g/mol. The molecule has 1 atom stereocenters. The lowest BCUT2D eigenvalue weighted by atomic mass is 9.90. The van der Waals surface area contributed by atoms with E-state index in [1.54, 1.807) is 12.1 Å². The highest BCUT2D eigenvalue weighted by molar-refractivity contribution is 6.30. The van der Waals surface area contributed by atoms with Crippen molar-refractivity contribution in [1.82, 2.24) is 14.9 Å². The Hall–Kier alpha value is -1.65. The molecule has 2 heterocycles. The number of aromatic amines is 1. The Morgan fingerprint density at radius 1 is 1.41 bits per heavy atom. The number of aromatic nitrogens is 2. The molecule has 116 valence electrons. The SMILES string of the molecule is Cc1ncc(CN2CCC[C@@H](C(=O)c3ccc(Cl)cc3)C2)[nH]1. The van der Waals surface area contributed by atoms with Crippen molar-refractivity contribution in [2.45, 2.75) is 26.3 Å². The fourth-order valence-corrected chi connectivity index (χ4v) is 3.18. The molecule has 1 saturated heterocycles. The normalized spacial score (nSPS) is 19.3. The molecule has 0 spiro atoms. The van der Waals surface area contributed by atoms with Crippen molar-refractivity contribution in [3.63, 3.8) is 0 Å². The van der Waals surface area contributed by atoms with Gasteiger partial charge < -0.3 is 4.98 Å². The van der Waals surface area contributed by atoms with Crippen LogP contribution in [-0.4, -0.2) is 33.7 Å². The summed E-state index contributed by atoms with van der Waals surface area (Å²) in [5, 5.41) is 0.663. The second-order valence-corrected chi connectivity index (χ2v) is 6.38. The van der Waals surface area contributed by atoms with E-state index in [0.29, 0.717) is 5.02 Å². The van der Waals surface area contributed by atoms with Crippen molar-refractivity contribution in [3.8, 4) is 0 Å². The maximum atomic E-state index is 12.6. The minimum absolute atomic E-state index is 0.0685. The van der Waals surface area contributed by atoms with E-state index in [4.69, 9.17) is 11.6 Å². The van der Waals surface area contributed by atoms with Crippen LogP contribution in [-0.2, 0) is 6.54 Å². The van der Waals surface area contributed by atoms with Gasteiger partial charge in [0.2, 0.25) is 0 Å². The number of hydrogen-bond acceptors (Lipinski definition) is 3. The molecule has 0 aliphatic carbocycles. The highest BCUT2D eigenvalue weighted by atomic mass is 35.5. The summed E-state index contributed by atoms with van der Waals surface area (Å²) in [7, 11) is 0. The zero-order chi connectivity index (χ0) is 15.5. The Morgan fingerprint density at radius 3 is 2.86 bits per heavy atom. The topological polar surface area (TPSA) is 49.0 Å². The number of H-pyrrole nitrogens is 1. The fraction of sp³-hybridized carbons (Fsp3) is 0.412. The number of likely N-dealkylation sites (tertiary alicyclic amines) is 1. The van der Waals surface area contributed by atoms with Gasteiger partial charge in [-0.3, -0.25) is 9.69 Å². The Kier molecular flexibility index (Phi) is 4.60. The summed E-state index contributed by atoms with van der Waals surface area (Å²) in [5.74, 6) is 1.22. The van der Waals surface area contributed by atoms with Crippen LogP contribution in [0.5, 0.6) is 0 Å². The first-order chi connectivity index (χ1) is 10.6. The molecule has 0 bridgehead atoms. The zero-order valence-corrected chi connectivity index (χ0v) is 13.4. The van der Waals surface area contributed by atoms with E-state index in [2.05, 4.69) is 14.9 Å². The van der Waals surface area contributed by atoms with Gasteiger partial charge >= 0.3 is 0 Å². The predicted molar refractivity (Wildman–Crippen MR) is 87.1 cm³/mol. The molecule has 4 nitrogen and oxygen atoms in total. The minimum Gasteiger partial charge on any atom is -0.345 e. The van der Waals surface area contributed by atoms with Gasteiger partial charge in [-0.2, -0.15) is 0 Å². The summed E-state index contributed by atoms with van der Waals surface area (Å²) in [4.78, 5) is 22.4. The number of rotatable bonds is 4. The van der Waals surface area contributed by atoms with E-state index < -0.39 is 0 Å². The Bertz CT molecular complexity index is 650. The van der Waals surface area contributed by atoms with Gasteiger partial charge in [-0.15, -0.1) is 0 Å². The standard InChI is InChI=1S/C17H20ClN3O/c1-12-19-9-16(20-12)11-21-8-2-3-14(10-21)17(22)13-4-6-15(18)7-5-13/h4-7,9,14H,2-3,8,10-11H2,1H3,(H,19,20)/t14-/m1/s1. The molecule has 1 fully saturated rings. The molecule has 1 aliphatic rings. The molecule has 1 aromatic carbocycles. The van der Waals surface area contributed by atoms with Gasteiger partial charge in [0, 0.05) is 41.5 Å². The van der Waals surface area contributed by atoms with Crippen molar-refractivity contribution in [2.75, 3.05) is 13.1 Å². The summed E-state index contributed by atoms with van der Waals surface area (Å²) in [5.41, 5.74) is 1.87. The molecule has 22 heavy (non-hydrogen) atoms. The third kappa shape index (κ3) is 3.57. The van der Waals surface area contributed by atoms with Gasteiger partial charge in [-0.1, -0.05) is 11.6 Å². The molecule has 1 N–H and O–H groups in total. The van der Waals surface area contributed by atoms with Crippen LogP contribution in [0.1, 0.15) is 34.7 Å². The van der Waals surface area contributed by atoms with Crippen molar-refractivity contribution >= 4 is 17.4 Å². The molecular formula is C17H20ClN3O. The Morgan fingerprint density at radius 2 is 2.18 bits per heavy atom. The fourth-order valence-electron chi connectivity index (χ4n) is 3.06. The molecule has 1 aromatic heterocycles. The second kappa shape index (κ2) is 6.63. The molecule has 3 rings (SSSR count). The van der Waals surface area contributed by atoms with E-state index in [-0.39, 0.29) is 11.7 Å². The third-order valence-electron chi connectivity index (χ3n) is 4.15. The lowest BCUT2D eigenvalue weighted by molar-refractivity contribution is 0.0810. The number of hydrogen-bond donors (Lipinski definition) is 1. The number of nitrogens with one attached hydrogen (secondary N) is 1. The van der Waals surface area contributed by atoms with Crippen LogP contribution >= 0.6 is 11.6 Å². The smallest absolute Gasteiger partial charge is 0.167 e. The molecule has 0 radical (unpaired) electrons. The summed E-state index contributed by atoms with van der Waals surface area (Å²) in [6, 6.07) is 7.20. The summed E-state index contributed by atoms with van der Waals surface area (Å²) >= 11 is 5.89. The summed E-state index contributed by atoms with van der Waals surface area (Å²) in [6.07, 6.45) is 3.89. The van der Waals surface area contributed by atoms with Crippen molar-refractivity contribution < 1.29 is 4.79 Å². The number of Topliss-reactive ketones (excluding diaryl/α,β-unsaturated/α-hetero) is 1. The van der Waals surface area contributed by atoms with Crippen LogP contribution in [0.2, 0.25) is 5.02 Å². The van der Waals surface area contributed by atoms with E-state index >= 15 is 0 Å². The highest BCUT2D eigenvalue weighted by Crippen LogP contribution is 2.23. The van der Waals surface area contributed by atoms with Gasteiger partial charge in [-0.05, 0) is 50.6 Å². The number of benzene rings is 1. The number of carbonyl (C=O) groups excluding carboxylic acids is 1. The van der Waals surface area contributed by atoms with Gasteiger partial charge in [-0.25, -0.2) is 4.98 Å². The van der Waals surface area contributed by atoms with Gasteiger partial charge in [0.05, 0.1) is 0 Å². The number of piperidine rings is 1. The molecule has 2 aromatic rings. The second-order valence-electron chi connectivity index (χ2n) is 5.94. The third-order valence-corrected chi connectivity index (χ3v) is 4.41. The quantitative estimate of drug-likeness (QED) is 0.878. The highest BCUT2D eigenvalue weighted by Gasteiger charge is 2.26. The zero-order valence-electron chi connectivity index (χ0n) is 12.7. The van der Waals surface area contributed by atoms with Crippen molar-refractivity contribution in [3.05, 3.63) is 52.6 Å². The number of ketones is 1. The van der Waals surface area contributed by atoms with E-state index in [9.17, 15) is 4.79 Å². The Balaban J connectivity index is 1.64. The van der Waals surface area contributed by atoms with E-state index in [1.165, 1.54) is 0 Å². The first kappa shape index (κ1) is 15.3. The maximum absolute atomic E-state index is 12.6. The molecule has 1 aliphatic heterocycles. The first-order valence-electron chi connectivity index (χ1n) is 7.64. The monoisotopic (exact) mass is 317 g/mol. The van der Waals surface area contributed by atoms with Crippen LogP contribution < -0.4 is 0 Å². The average Bonchev–Trinajstić information content (AvgIpc) is 2.93. The molecule has 0 saturated carbocycles. The van der Waals surface area contributed by atoms with Crippen molar-refractivity contribution in [1.29, 1.82) is 0 Å². The largest absolute Gasteiger partial charge is 0.345 e. The number of aryl methyl sites for hydroxylation is 1. The predicted octanol–water partition coefficient (Wildman–Crippen LogP) is 3.47. The van der Waals surface area contributed by atoms with Crippen molar-refractivity contribution in [2.24, 2.45) is 5.92 Å². The minimum atomic E-state index is 0.0685. The molecule has 0 unspecified atom stereocenters. The number of nitrogens with zero attached hydrogens (tertiary/aromatic N) is 2. The lowest BCUT2D eigenvalue weighted by Gasteiger charge is -2.31. The Labute approximate surface area is 135 Å². The lowest BCUT2D eigenvalue weighted by Crippen LogP contribution is -2.38. The summed E-state index contributed by atoms with van der Waals surface area (Å²) < 4.78 is 0. The van der Waals surface area contributed by atoms with Crippen LogP contribution in [0, 0.1) is 12.8 Å². The maximum Gasteiger partial charge on any atom is 0.167 e. The van der Waals surface area contributed by atoms with Crippen LogP contribution in [0.3, 0.4) is 0 Å². The van der Waals surface area contributed by atoms with Gasteiger partial charge in [0.25, 0.3) is 0 Å².